The number of hydrogen-bond acceptors (Lipinski definition) is 8. The Kier molecular flexibility index (Phi) is 6.42. The first-order valence-electron chi connectivity index (χ1n) is 8.45. The second-order valence-corrected chi connectivity index (χ2v) is 6.33. The van der Waals surface area contributed by atoms with Crippen molar-refractivity contribution in [3.05, 3.63) is 41.5 Å². The van der Waals surface area contributed by atoms with E-state index in [0.717, 1.165) is 0 Å². The summed E-state index contributed by atoms with van der Waals surface area (Å²) in [6, 6.07) is 3.37. The minimum absolute atomic E-state index is 0.00680. The van der Waals surface area contributed by atoms with Gasteiger partial charge in [-0.05, 0) is 38.0 Å². The SMILES string of the molecule is CCOC(=O)C1=C(N)N=C(CC)C(C(=O)OCC)C1(S)c1ccncc1. The number of nitrogens with two attached hydrogens (primary N) is 1. The summed E-state index contributed by atoms with van der Waals surface area (Å²) >= 11 is 4.82. The van der Waals surface area contributed by atoms with Crippen molar-refractivity contribution in [2.45, 2.75) is 31.9 Å². The van der Waals surface area contributed by atoms with Crippen LogP contribution in [0.1, 0.15) is 32.8 Å². The third-order valence-electron chi connectivity index (χ3n) is 4.14. The maximum Gasteiger partial charge on any atom is 0.339 e. The second-order valence-electron chi connectivity index (χ2n) is 5.62. The van der Waals surface area contributed by atoms with Crippen LogP contribution in [0.15, 0.2) is 40.9 Å². The van der Waals surface area contributed by atoms with Gasteiger partial charge in [0.1, 0.15) is 17.3 Å². The summed E-state index contributed by atoms with van der Waals surface area (Å²) < 4.78 is 9.04. The Balaban J connectivity index is 2.76. The first-order valence-corrected chi connectivity index (χ1v) is 8.90. The minimum atomic E-state index is -1.38. The number of rotatable bonds is 6. The zero-order valence-corrected chi connectivity index (χ0v) is 16.0. The van der Waals surface area contributed by atoms with Crippen LogP contribution in [0.3, 0.4) is 0 Å². The van der Waals surface area contributed by atoms with Crippen LogP contribution in [0.5, 0.6) is 0 Å². The summed E-state index contributed by atoms with van der Waals surface area (Å²) in [5.41, 5.74) is 7.22. The van der Waals surface area contributed by atoms with Crippen LogP contribution in [-0.4, -0.2) is 35.8 Å². The lowest BCUT2D eigenvalue weighted by Gasteiger charge is -2.40. The van der Waals surface area contributed by atoms with Crippen LogP contribution in [0.4, 0.5) is 0 Å². The van der Waals surface area contributed by atoms with Crippen molar-refractivity contribution in [1.29, 1.82) is 0 Å². The average molecular weight is 377 g/mol. The van der Waals surface area contributed by atoms with E-state index in [4.69, 9.17) is 27.8 Å². The molecule has 1 aliphatic heterocycles. The van der Waals surface area contributed by atoms with Crippen molar-refractivity contribution >= 4 is 30.3 Å². The number of thiol groups is 1. The van der Waals surface area contributed by atoms with Crippen LogP contribution >= 0.6 is 12.6 Å². The van der Waals surface area contributed by atoms with Gasteiger partial charge in [0.05, 0.1) is 18.0 Å². The summed E-state index contributed by atoms with van der Waals surface area (Å²) in [5, 5.41) is 0. The molecular weight excluding hydrogens is 354 g/mol. The first kappa shape index (κ1) is 20.0. The maximum atomic E-state index is 12.8. The molecule has 2 rings (SSSR count). The van der Waals surface area contributed by atoms with Crippen LogP contribution in [-0.2, 0) is 23.8 Å². The zero-order chi connectivity index (χ0) is 19.3. The van der Waals surface area contributed by atoms with E-state index in [1.54, 1.807) is 38.4 Å². The van der Waals surface area contributed by atoms with Crippen molar-refractivity contribution in [2.24, 2.45) is 16.6 Å². The molecule has 1 aromatic rings. The molecule has 0 fully saturated rings. The van der Waals surface area contributed by atoms with Gasteiger partial charge in [-0.25, -0.2) is 9.79 Å². The molecule has 0 spiro atoms. The summed E-state index contributed by atoms with van der Waals surface area (Å²) in [7, 11) is 0. The molecular formula is C18H23N3O4S. The summed E-state index contributed by atoms with van der Waals surface area (Å²) in [4.78, 5) is 33.8. The molecule has 0 bridgehead atoms. The first-order chi connectivity index (χ1) is 12.4. The van der Waals surface area contributed by atoms with Crippen LogP contribution < -0.4 is 5.73 Å². The quantitative estimate of drug-likeness (QED) is 0.580. The molecule has 0 amide bonds. The molecule has 140 valence electrons. The minimum Gasteiger partial charge on any atom is -0.465 e. The van der Waals surface area contributed by atoms with Gasteiger partial charge in [-0.15, -0.1) is 0 Å². The average Bonchev–Trinajstić information content (AvgIpc) is 2.62. The lowest BCUT2D eigenvalue weighted by Crippen LogP contribution is -2.48. The smallest absolute Gasteiger partial charge is 0.339 e. The van der Waals surface area contributed by atoms with Gasteiger partial charge < -0.3 is 15.2 Å². The predicted octanol–water partition coefficient (Wildman–Crippen LogP) is 1.98. The van der Waals surface area contributed by atoms with Gasteiger partial charge in [0.15, 0.2) is 0 Å². The highest BCUT2D eigenvalue weighted by Gasteiger charge is 2.53. The van der Waals surface area contributed by atoms with E-state index in [1.807, 2.05) is 6.92 Å². The lowest BCUT2D eigenvalue weighted by atomic mass is 9.74. The Morgan fingerprint density at radius 3 is 2.35 bits per heavy atom. The molecule has 2 atom stereocenters. The molecule has 2 unspecified atom stereocenters. The van der Waals surface area contributed by atoms with Crippen LogP contribution in [0, 0.1) is 5.92 Å². The maximum absolute atomic E-state index is 12.8. The zero-order valence-electron chi connectivity index (χ0n) is 15.1. The van der Waals surface area contributed by atoms with Crippen LogP contribution in [0.25, 0.3) is 0 Å². The number of nitrogens with zero attached hydrogens (tertiary/aromatic N) is 2. The van der Waals surface area contributed by atoms with Gasteiger partial charge in [0, 0.05) is 18.1 Å². The third kappa shape index (κ3) is 3.46. The summed E-state index contributed by atoms with van der Waals surface area (Å²) in [5.74, 6) is -2.10. The monoisotopic (exact) mass is 377 g/mol. The van der Waals surface area contributed by atoms with Crippen LogP contribution in [0.2, 0.25) is 0 Å². The van der Waals surface area contributed by atoms with E-state index in [-0.39, 0.29) is 24.6 Å². The van der Waals surface area contributed by atoms with Gasteiger partial charge in [-0.1, -0.05) is 6.92 Å². The van der Waals surface area contributed by atoms with Crippen molar-refractivity contribution in [3.8, 4) is 0 Å². The highest BCUT2D eigenvalue weighted by Crippen LogP contribution is 2.48. The highest BCUT2D eigenvalue weighted by molar-refractivity contribution is 7.81. The van der Waals surface area contributed by atoms with E-state index in [1.165, 1.54) is 0 Å². The normalized spacial score (nSPS) is 22.6. The Morgan fingerprint density at radius 2 is 1.81 bits per heavy atom. The van der Waals surface area contributed by atoms with E-state index in [2.05, 4.69) is 9.98 Å². The van der Waals surface area contributed by atoms with Gasteiger partial charge in [-0.2, -0.15) is 12.6 Å². The number of aromatic nitrogens is 1. The standard InChI is InChI=1S/C18H23N3O4S/c1-4-12-13(16(22)24-5-2)18(26,11-7-9-20-10-8-11)14(15(19)21-12)17(23)25-6-3/h7-10,13,26H,4-6,19H2,1-3H3. The largest absolute Gasteiger partial charge is 0.465 e. The molecule has 0 saturated carbocycles. The van der Waals surface area contributed by atoms with Gasteiger partial charge in [-0.3, -0.25) is 9.78 Å². The van der Waals surface area contributed by atoms with Gasteiger partial charge in [0.2, 0.25) is 0 Å². The summed E-state index contributed by atoms with van der Waals surface area (Å²) in [6.07, 6.45) is 3.57. The molecule has 7 nitrogen and oxygen atoms in total. The predicted molar refractivity (Wildman–Crippen MR) is 101 cm³/mol. The molecule has 1 aliphatic rings. The van der Waals surface area contributed by atoms with Crippen molar-refractivity contribution < 1.29 is 19.1 Å². The Labute approximate surface area is 158 Å². The fourth-order valence-corrected chi connectivity index (χ4v) is 3.66. The van der Waals surface area contributed by atoms with E-state index in [9.17, 15) is 9.59 Å². The molecule has 0 aliphatic carbocycles. The third-order valence-corrected chi connectivity index (χ3v) is 4.88. The molecule has 2 N–H and O–H groups in total. The summed E-state index contributed by atoms with van der Waals surface area (Å²) in [6.45, 7) is 5.61. The molecule has 0 aromatic carbocycles. The molecule has 8 heteroatoms. The number of carbonyl (C=O) groups excluding carboxylic acids is 2. The number of carbonyl (C=O) groups is 2. The van der Waals surface area contributed by atoms with Gasteiger partial charge in [0.25, 0.3) is 0 Å². The van der Waals surface area contributed by atoms with Crippen molar-refractivity contribution in [2.75, 3.05) is 13.2 Å². The van der Waals surface area contributed by atoms with Gasteiger partial charge >= 0.3 is 11.9 Å². The van der Waals surface area contributed by atoms with E-state index in [0.29, 0.717) is 17.7 Å². The molecule has 0 radical (unpaired) electrons. The molecule has 0 saturated heterocycles. The number of hydrogen-bond donors (Lipinski definition) is 2. The fraction of sp³-hybridized carbons (Fsp3) is 0.444. The van der Waals surface area contributed by atoms with E-state index >= 15 is 0 Å². The number of esters is 2. The number of ether oxygens (including phenoxy) is 2. The van der Waals surface area contributed by atoms with Crippen molar-refractivity contribution in [3.63, 3.8) is 0 Å². The fourth-order valence-electron chi connectivity index (χ4n) is 3.05. The Bertz CT molecular complexity index is 748. The Hall–Kier alpha value is -2.35. The highest BCUT2D eigenvalue weighted by atomic mass is 32.1. The molecule has 1 aromatic heterocycles. The number of aliphatic imine (C=N–C) groups is 1. The number of pyridine rings is 1. The van der Waals surface area contributed by atoms with Crippen molar-refractivity contribution in [1.82, 2.24) is 4.98 Å². The lowest BCUT2D eigenvalue weighted by molar-refractivity contribution is -0.146. The second kappa shape index (κ2) is 8.35. The Morgan fingerprint density at radius 1 is 1.19 bits per heavy atom. The molecule has 26 heavy (non-hydrogen) atoms. The van der Waals surface area contributed by atoms with E-state index < -0.39 is 22.6 Å². The molecule has 2 heterocycles. The topological polar surface area (TPSA) is 104 Å².